The summed E-state index contributed by atoms with van der Waals surface area (Å²) in [4.78, 5) is 0. The lowest BCUT2D eigenvalue weighted by molar-refractivity contribution is 0.292. The van der Waals surface area contributed by atoms with Gasteiger partial charge in [-0.2, -0.15) is 0 Å². The van der Waals surface area contributed by atoms with Crippen molar-refractivity contribution in [1.29, 1.82) is 0 Å². The number of aliphatic hydroxyl groups is 1. The standard InChI is InChI=1S/C10H14NO/c1-10(11,8-12)7-9-5-3-2-4-6-9/h2-6,8,12H,7,11H2,1H3. The molecule has 0 saturated carbocycles. The Morgan fingerprint density at radius 1 is 1.42 bits per heavy atom. The smallest absolute Gasteiger partial charge is 0.0996 e. The van der Waals surface area contributed by atoms with Gasteiger partial charge in [0, 0.05) is 5.54 Å². The molecule has 1 rings (SSSR count). The molecule has 0 aliphatic carbocycles. The van der Waals surface area contributed by atoms with Crippen LogP contribution in [0.3, 0.4) is 0 Å². The molecule has 2 heteroatoms. The van der Waals surface area contributed by atoms with Gasteiger partial charge < -0.3 is 10.8 Å². The molecule has 0 bridgehead atoms. The quantitative estimate of drug-likeness (QED) is 0.710. The van der Waals surface area contributed by atoms with Gasteiger partial charge >= 0.3 is 0 Å². The maximum absolute atomic E-state index is 8.81. The van der Waals surface area contributed by atoms with E-state index in [1.54, 1.807) is 6.92 Å². The van der Waals surface area contributed by atoms with Gasteiger partial charge in [-0.3, -0.25) is 0 Å². The molecule has 0 amide bonds. The van der Waals surface area contributed by atoms with Gasteiger partial charge in [-0.05, 0) is 18.9 Å². The molecule has 1 unspecified atom stereocenters. The highest BCUT2D eigenvalue weighted by atomic mass is 16.3. The first-order chi connectivity index (χ1) is 5.64. The molecule has 0 aromatic heterocycles. The summed E-state index contributed by atoms with van der Waals surface area (Å²) in [7, 11) is 0. The number of hydrogen-bond acceptors (Lipinski definition) is 2. The molecule has 0 heterocycles. The van der Waals surface area contributed by atoms with Crippen molar-refractivity contribution in [2.24, 2.45) is 5.73 Å². The van der Waals surface area contributed by atoms with E-state index in [1.165, 1.54) is 0 Å². The summed E-state index contributed by atoms with van der Waals surface area (Å²) in [6.45, 7) is 2.83. The summed E-state index contributed by atoms with van der Waals surface area (Å²) in [6.07, 6.45) is 0.657. The molecule has 0 aliphatic heterocycles. The first-order valence-electron chi connectivity index (χ1n) is 3.95. The van der Waals surface area contributed by atoms with Gasteiger partial charge in [0.2, 0.25) is 0 Å². The van der Waals surface area contributed by atoms with E-state index in [0.717, 1.165) is 12.2 Å². The van der Waals surface area contributed by atoms with Crippen molar-refractivity contribution in [2.75, 3.05) is 0 Å². The van der Waals surface area contributed by atoms with Crippen molar-refractivity contribution in [3.05, 3.63) is 42.5 Å². The molecule has 0 saturated heterocycles. The molecule has 0 aliphatic rings. The first-order valence-corrected chi connectivity index (χ1v) is 3.95. The molecule has 1 aromatic carbocycles. The van der Waals surface area contributed by atoms with Crippen LogP contribution in [0, 0.1) is 6.61 Å². The number of hydrogen-bond donors (Lipinski definition) is 2. The lowest BCUT2D eigenvalue weighted by atomic mass is 9.95. The van der Waals surface area contributed by atoms with Crippen LogP contribution in [-0.2, 0) is 6.42 Å². The maximum atomic E-state index is 8.81. The van der Waals surface area contributed by atoms with E-state index >= 15 is 0 Å². The fourth-order valence-electron chi connectivity index (χ4n) is 1.08. The third-order valence-corrected chi connectivity index (χ3v) is 1.72. The molecular weight excluding hydrogens is 150 g/mol. The molecule has 12 heavy (non-hydrogen) atoms. The van der Waals surface area contributed by atoms with Crippen LogP contribution in [0.5, 0.6) is 0 Å². The zero-order valence-corrected chi connectivity index (χ0v) is 7.20. The monoisotopic (exact) mass is 164 g/mol. The Labute approximate surface area is 73.0 Å². The number of benzene rings is 1. The fraction of sp³-hybridized carbons (Fsp3) is 0.300. The molecule has 2 nitrogen and oxygen atoms in total. The van der Waals surface area contributed by atoms with Gasteiger partial charge in [0.05, 0.1) is 6.61 Å². The van der Waals surface area contributed by atoms with Gasteiger partial charge in [0.15, 0.2) is 0 Å². The molecule has 1 radical (unpaired) electrons. The van der Waals surface area contributed by atoms with Crippen molar-refractivity contribution < 1.29 is 5.11 Å². The second kappa shape index (κ2) is 3.70. The number of aliphatic hydroxyl groups excluding tert-OH is 1. The largest absolute Gasteiger partial charge is 0.388 e. The average Bonchev–Trinajstić information content (AvgIpc) is 2.06. The SMILES string of the molecule is CC(N)([CH]O)Cc1ccccc1. The Morgan fingerprint density at radius 2 is 2.00 bits per heavy atom. The van der Waals surface area contributed by atoms with Crippen LogP contribution < -0.4 is 5.73 Å². The van der Waals surface area contributed by atoms with Crippen molar-refractivity contribution >= 4 is 0 Å². The topological polar surface area (TPSA) is 46.2 Å². The Morgan fingerprint density at radius 3 is 2.50 bits per heavy atom. The fourth-order valence-corrected chi connectivity index (χ4v) is 1.08. The summed E-state index contributed by atoms with van der Waals surface area (Å²) in [6, 6.07) is 9.87. The van der Waals surface area contributed by atoms with Gasteiger partial charge in [-0.1, -0.05) is 30.3 Å². The van der Waals surface area contributed by atoms with E-state index in [1.807, 2.05) is 30.3 Å². The molecular formula is C10H14NO. The number of rotatable bonds is 3. The van der Waals surface area contributed by atoms with Crippen molar-refractivity contribution in [3.63, 3.8) is 0 Å². The van der Waals surface area contributed by atoms with E-state index in [4.69, 9.17) is 10.8 Å². The third-order valence-electron chi connectivity index (χ3n) is 1.72. The second-order valence-corrected chi connectivity index (χ2v) is 3.30. The highest BCUT2D eigenvalue weighted by molar-refractivity contribution is 5.18. The predicted molar refractivity (Wildman–Crippen MR) is 49.0 cm³/mol. The van der Waals surface area contributed by atoms with Crippen molar-refractivity contribution in [2.45, 2.75) is 18.9 Å². The Kier molecular flexibility index (Phi) is 2.84. The van der Waals surface area contributed by atoms with Gasteiger partial charge in [-0.15, -0.1) is 0 Å². The normalized spacial score (nSPS) is 15.6. The summed E-state index contributed by atoms with van der Waals surface area (Å²) in [5.74, 6) is 0. The molecule has 1 aromatic rings. The van der Waals surface area contributed by atoms with Crippen molar-refractivity contribution in [3.8, 4) is 0 Å². The van der Waals surface area contributed by atoms with Crippen LogP contribution in [0.4, 0.5) is 0 Å². The Hall–Kier alpha value is -0.860. The Bertz CT molecular complexity index is 231. The Balaban J connectivity index is 2.64. The van der Waals surface area contributed by atoms with Gasteiger partial charge in [0.1, 0.15) is 0 Å². The lowest BCUT2D eigenvalue weighted by Gasteiger charge is -2.20. The van der Waals surface area contributed by atoms with E-state index < -0.39 is 5.54 Å². The summed E-state index contributed by atoms with van der Waals surface area (Å²) >= 11 is 0. The van der Waals surface area contributed by atoms with Crippen LogP contribution in [0.2, 0.25) is 0 Å². The van der Waals surface area contributed by atoms with Crippen LogP contribution in [0.15, 0.2) is 30.3 Å². The molecule has 3 N–H and O–H groups in total. The minimum atomic E-state index is -0.624. The first kappa shape index (κ1) is 9.23. The maximum Gasteiger partial charge on any atom is 0.0996 e. The van der Waals surface area contributed by atoms with Gasteiger partial charge in [0.25, 0.3) is 0 Å². The molecule has 1 atom stereocenters. The summed E-state index contributed by atoms with van der Waals surface area (Å²) < 4.78 is 0. The second-order valence-electron chi connectivity index (χ2n) is 3.30. The zero-order valence-electron chi connectivity index (χ0n) is 7.20. The van der Waals surface area contributed by atoms with E-state index in [-0.39, 0.29) is 0 Å². The minimum absolute atomic E-state index is 0.624. The molecule has 0 spiro atoms. The zero-order chi connectivity index (χ0) is 9.03. The van der Waals surface area contributed by atoms with E-state index in [2.05, 4.69) is 0 Å². The highest BCUT2D eigenvalue weighted by Gasteiger charge is 2.17. The minimum Gasteiger partial charge on any atom is -0.388 e. The summed E-state index contributed by atoms with van der Waals surface area (Å²) in [5.41, 5.74) is 6.25. The molecule has 65 valence electrons. The highest BCUT2D eigenvalue weighted by Crippen LogP contribution is 2.11. The van der Waals surface area contributed by atoms with Crippen LogP contribution in [-0.4, -0.2) is 10.6 Å². The van der Waals surface area contributed by atoms with Crippen LogP contribution >= 0.6 is 0 Å². The lowest BCUT2D eigenvalue weighted by Crippen LogP contribution is -2.38. The summed E-state index contributed by atoms with van der Waals surface area (Å²) in [5, 5.41) is 8.81. The van der Waals surface area contributed by atoms with E-state index in [0.29, 0.717) is 6.42 Å². The van der Waals surface area contributed by atoms with Crippen LogP contribution in [0.1, 0.15) is 12.5 Å². The van der Waals surface area contributed by atoms with Crippen LogP contribution in [0.25, 0.3) is 0 Å². The van der Waals surface area contributed by atoms with Crippen molar-refractivity contribution in [1.82, 2.24) is 0 Å². The average molecular weight is 164 g/mol. The van der Waals surface area contributed by atoms with E-state index in [9.17, 15) is 0 Å². The predicted octanol–water partition coefficient (Wildman–Crippen LogP) is 1.48. The third kappa shape index (κ3) is 2.64. The van der Waals surface area contributed by atoms with Gasteiger partial charge in [-0.25, -0.2) is 0 Å². The molecule has 0 fully saturated rings. The number of nitrogens with two attached hydrogens (primary N) is 1.